The first-order chi connectivity index (χ1) is 20.6. The van der Waals surface area contributed by atoms with E-state index in [0.29, 0.717) is 62.4 Å². The number of H-pyrrole nitrogens is 2. The summed E-state index contributed by atoms with van der Waals surface area (Å²) in [7, 11) is -3.64. The van der Waals surface area contributed by atoms with Crippen molar-refractivity contribution in [1.29, 1.82) is 0 Å². The highest BCUT2D eigenvalue weighted by Gasteiger charge is 2.21. The van der Waals surface area contributed by atoms with Gasteiger partial charge in [0.25, 0.3) is 0 Å². The summed E-state index contributed by atoms with van der Waals surface area (Å²) in [5.74, 6) is -0.688. The van der Waals surface area contributed by atoms with E-state index in [9.17, 15) is 17.6 Å². The number of halogens is 1. The second kappa shape index (κ2) is 11.0. The first kappa shape index (κ1) is 28.1. The van der Waals surface area contributed by atoms with Crippen LogP contribution in [0.3, 0.4) is 0 Å². The molecule has 0 bridgehead atoms. The van der Waals surface area contributed by atoms with Gasteiger partial charge >= 0.3 is 0 Å². The Morgan fingerprint density at radius 2 is 1.93 bits per heavy atom. The minimum atomic E-state index is -3.64. The fourth-order valence-electron chi connectivity index (χ4n) is 4.93. The van der Waals surface area contributed by atoms with E-state index in [4.69, 9.17) is 10.7 Å². The number of aromatic amines is 2. The Kier molecular flexibility index (Phi) is 7.20. The predicted molar refractivity (Wildman–Crippen MR) is 163 cm³/mol. The molecule has 0 fully saturated rings. The molecule has 43 heavy (non-hydrogen) atoms. The van der Waals surface area contributed by atoms with Crippen LogP contribution in [0.1, 0.15) is 30.7 Å². The van der Waals surface area contributed by atoms with E-state index in [1.54, 1.807) is 30.7 Å². The Labute approximate surface area is 245 Å². The van der Waals surface area contributed by atoms with E-state index in [1.807, 2.05) is 31.2 Å². The molecular formula is C30H27FN8O3S. The number of pyridine rings is 3. The van der Waals surface area contributed by atoms with Crippen LogP contribution in [0.25, 0.3) is 55.8 Å². The molecule has 1 amide bonds. The third kappa shape index (κ3) is 5.59. The number of amides is 1. The molecule has 5 heterocycles. The maximum absolute atomic E-state index is 14.6. The molecule has 5 aromatic heterocycles. The van der Waals surface area contributed by atoms with E-state index in [1.165, 1.54) is 6.07 Å². The summed E-state index contributed by atoms with van der Waals surface area (Å²) in [5.41, 5.74) is 12.1. The normalized spacial score (nSPS) is 12.6. The van der Waals surface area contributed by atoms with Gasteiger partial charge in [0.05, 0.1) is 28.8 Å². The lowest BCUT2D eigenvalue weighted by Gasteiger charge is -2.12. The van der Waals surface area contributed by atoms with Crippen molar-refractivity contribution in [2.75, 3.05) is 11.6 Å². The molecule has 6 aromatic rings. The SMILES string of the molecule is CCCC(=O)Nc1cncc(-c2ccc3[nH]nc(-c4cc5c(-c6cc(F)cc(C(N)S(C)(=O)=O)c6)ccnc5[nH]4)c3n2)c1. The van der Waals surface area contributed by atoms with Crippen LogP contribution in [0.15, 0.2) is 67.1 Å². The van der Waals surface area contributed by atoms with Crippen molar-refractivity contribution in [2.45, 2.75) is 25.1 Å². The van der Waals surface area contributed by atoms with Crippen LogP contribution in [0.5, 0.6) is 0 Å². The van der Waals surface area contributed by atoms with Crippen LogP contribution in [-0.2, 0) is 14.6 Å². The molecule has 0 saturated heterocycles. The van der Waals surface area contributed by atoms with Crippen LogP contribution in [0.2, 0.25) is 0 Å². The molecule has 0 aliphatic heterocycles. The van der Waals surface area contributed by atoms with Crippen molar-refractivity contribution in [3.8, 4) is 33.8 Å². The summed E-state index contributed by atoms with van der Waals surface area (Å²) >= 11 is 0. The number of anilines is 1. The van der Waals surface area contributed by atoms with E-state index >= 15 is 0 Å². The number of hydrogen-bond donors (Lipinski definition) is 4. The van der Waals surface area contributed by atoms with Gasteiger partial charge in [-0.25, -0.2) is 22.8 Å². The van der Waals surface area contributed by atoms with E-state index < -0.39 is 21.0 Å². The molecule has 0 spiro atoms. The Balaban J connectivity index is 1.40. The minimum Gasteiger partial charge on any atom is -0.338 e. The van der Waals surface area contributed by atoms with Crippen molar-refractivity contribution in [1.82, 2.24) is 30.1 Å². The minimum absolute atomic E-state index is 0.0820. The standard InChI is InChI=1S/C30H27FN8O3S/c1-3-4-26(40)35-20-12-18(14-33-15-20)23-5-6-24-27(36-23)28(39-38-24)25-13-22-21(7-8-34-30(22)37-25)16-9-17(11-19(31)10-16)29(32)43(2,41)42/h5-15,29H,3-4,32H2,1-2H3,(H,34,37)(H,35,40)(H,38,39). The summed E-state index contributed by atoms with van der Waals surface area (Å²) in [6, 6.07) is 13.1. The number of benzene rings is 1. The highest BCUT2D eigenvalue weighted by Crippen LogP contribution is 2.35. The quantitative estimate of drug-likeness (QED) is 0.187. The lowest BCUT2D eigenvalue weighted by Crippen LogP contribution is -2.20. The van der Waals surface area contributed by atoms with Gasteiger partial charge in [0.1, 0.15) is 28.0 Å². The highest BCUT2D eigenvalue weighted by molar-refractivity contribution is 7.90. The Morgan fingerprint density at radius 3 is 2.72 bits per heavy atom. The van der Waals surface area contributed by atoms with Crippen LogP contribution in [0.4, 0.5) is 10.1 Å². The molecule has 0 aliphatic carbocycles. The molecule has 13 heteroatoms. The second-order valence-corrected chi connectivity index (χ2v) is 12.4. The van der Waals surface area contributed by atoms with Gasteiger partial charge in [-0.2, -0.15) is 5.10 Å². The molecule has 0 radical (unpaired) electrons. The molecule has 0 aliphatic rings. The number of rotatable bonds is 8. The zero-order valence-electron chi connectivity index (χ0n) is 23.2. The second-order valence-electron chi connectivity index (χ2n) is 10.3. The van der Waals surface area contributed by atoms with Gasteiger partial charge in [0.2, 0.25) is 5.91 Å². The zero-order chi connectivity index (χ0) is 30.3. The lowest BCUT2D eigenvalue weighted by atomic mass is 10.0. The topological polar surface area (TPSA) is 172 Å². The maximum Gasteiger partial charge on any atom is 0.224 e. The summed E-state index contributed by atoms with van der Waals surface area (Å²) in [6.07, 6.45) is 7.01. The Bertz CT molecular complexity index is 2120. The van der Waals surface area contributed by atoms with Crippen molar-refractivity contribution in [3.63, 3.8) is 0 Å². The molecule has 0 saturated carbocycles. The number of carbonyl (C=O) groups excluding carboxylic acids is 1. The highest BCUT2D eigenvalue weighted by atomic mass is 32.2. The van der Waals surface area contributed by atoms with Crippen LogP contribution in [-0.4, -0.2) is 50.7 Å². The number of nitrogens with one attached hydrogen (secondary N) is 3. The molecule has 11 nitrogen and oxygen atoms in total. The zero-order valence-corrected chi connectivity index (χ0v) is 24.0. The van der Waals surface area contributed by atoms with Gasteiger partial charge in [-0.1, -0.05) is 6.92 Å². The van der Waals surface area contributed by atoms with Gasteiger partial charge in [-0.3, -0.25) is 14.9 Å². The molecule has 1 aromatic carbocycles. The number of aromatic nitrogens is 6. The number of carbonyl (C=O) groups is 1. The van der Waals surface area contributed by atoms with E-state index in [2.05, 4.69) is 30.5 Å². The molecule has 5 N–H and O–H groups in total. The van der Waals surface area contributed by atoms with Crippen molar-refractivity contribution >= 4 is 43.5 Å². The number of nitrogens with zero attached hydrogens (tertiary/aromatic N) is 4. The Morgan fingerprint density at radius 1 is 1.09 bits per heavy atom. The maximum atomic E-state index is 14.6. The fourth-order valence-corrected chi connectivity index (χ4v) is 5.56. The predicted octanol–water partition coefficient (Wildman–Crippen LogP) is 5.11. The van der Waals surface area contributed by atoms with Crippen molar-refractivity contribution in [3.05, 3.63) is 78.5 Å². The molecule has 218 valence electrons. The van der Waals surface area contributed by atoms with Gasteiger partial charge in [0, 0.05) is 36.0 Å². The van der Waals surface area contributed by atoms with Gasteiger partial charge < -0.3 is 16.0 Å². The summed E-state index contributed by atoms with van der Waals surface area (Å²) < 4.78 is 38.7. The fraction of sp³-hybridized carbons (Fsp3) is 0.167. The van der Waals surface area contributed by atoms with E-state index in [-0.39, 0.29) is 11.5 Å². The number of sulfone groups is 1. The van der Waals surface area contributed by atoms with Crippen molar-refractivity contribution in [2.24, 2.45) is 5.73 Å². The van der Waals surface area contributed by atoms with Crippen LogP contribution < -0.4 is 11.1 Å². The first-order valence-electron chi connectivity index (χ1n) is 13.4. The van der Waals surface area contributed by atoms with Gasteiger partial charge in [-0.05, 0) is 71.6 Å². The summed E-state index contributed by atoms with van der Waals surface area (Å²) in [4.78, 5) is 28.9. The van der Waals surface area contributed by atoms with Crippen LogP contribution in [0, 0.1) is 5.82 Å². The Hall–Kier alpha value is -5.01. The van der Waals surface area contributed by atoms with Gasteiger partial charge in [0.15, 0.2) is 9.84 Å². The first-order valence-corrected chi connectivity index (χ1v) is 15.4. The molecule has 6 rings (SSSR count). The molecule has 1 atom stereocenters. The third-order valence-corrected chi connectivity index (χ3v) is 8.21. The largest absolute Gasteiger partial charge is 0.338 e. The smallest absolute Gasteiger partial charge is 0.224 e. The number of nitrogens with two attached hydrogens (primary N) is 1. The van der Waals surface area contributed by atoms with Crippen molar-refractivity contribution < 1.29 is 17.6 Å². The van der Waals surface area contributed by atoms with Gasteiger partial charge in [-0.15, -0.1) is 0 Å². The average Bonchev–Trinajstić information content (AvgIpc) is 3.60. The number of hydrogen-bond acceptors (Lipinski definition) is 8. The molecular weight excluding hydrogens is 571 g/mol. The third-order valence-electron chi connectivity index (χ3n) is 7.01. The lowest BCUT2D eigenvalue weighted by molar-refractivity contribution is -0.116. The van der Waals surface area contributed by atoms with Crippen LogP contribution >= 0.6 is 0 Å². The summed E-state index contributed by atoms with van der Waals surface area (Å²) in [6.45, 7) is 1.94. The average molecular weight is 599 g/mol. The number of fused-ring (bicyclic) bond motifs is 2. The molecule has 1 unspecified atom stereocenters. The van der Waals surface area contributed by atoms with E-state index in [0.717, 1.165) is 24.3 Å². The summed E-state index contributed by atoms with van der Waals surface area (Å²) in [5, 5.41) is 9.67. The monoisotopic (exact) mass is 598 g/mol.